The summed E-state index contributed by atoms with van der Waals surface area (Å²) in [5.41, 5.74) is 3.55. The molecule has 32 heavy (non-hydrogen) atoms. The molecule has 1 aromatic heterocycles. The minimum absolute atomic E-state index is 0.179. The van der Waals surface area contributed by atoms with Crippen LogP contribution < -0.4 is 5.32 Å². The maximum absolute atomic E-state index is 12.6. The highest BCUT2D eigenvalue weighted by molar-refractivity contribution is 6.00. The molecule has 1 amide bonds. The van der Waals surface area contributed by atoms with Crippen molar-refractivity contribution >= 4 is 11.9 Å². The number of aromatic amines is 1. The first kappa shape index (κ1) is 24.0. The van der Waals surface area contributed by atoms with Gasteiger partial charge in [0.2, 0.25) is 0 Å². The lowest BCUT2D eigenvalue weighted by atomic mass is 10.1. The van der Waals surface area contributed by atoms with Gasteiger partial charge >= 0.3 is 5.97 Å². The Morgan fingerprint density at radius 3 is 2.38 bits per heavy atom. The van der Waals surface area contributed by atoms with E-state index in [4.69, 9.17) is 4.74 Å². The molecule has 1 aliphatic rings. The summed E-state index contributed by atoms with van der Waals surface area (Å²) < 4.78 is 5.30. The van der Waals surface area contributed by atoms with Crippen LogP contribution >= 0.6 is 0 Å². The van der Waals surface area contributed by atoms with Crippen LogP contribution in [0.1, 0.15) is 57.9 Å². The second kappa shape index (κ2) is 11.3. The molecule has 174 valence electrons. The Labute approximate surface area is 191 Å². The fourth-order valence-electron chi connectivity index (χ4n) is 4.16. The first-order chi connectivity index (χ1) is 15.3. The number of benzene rings is 1. The summed E-state index contributed by atoms with van der Waals surface area (Å²) in [5, 5.41) is 2.98. The zero-order valence-electron chi connectivity index (χ0n) is 19.7. The molecule has 0 unspecified atom stereocenters. The van der Waals surface area contributed by atoms with Crippen LogP contribution in [0.2, 0.25) is 0 Å². The van der Waals surface area contributed by atoms with Crippen molar-refractivity contribution in [2.24, 2.45) is 0 Å². The normalized spacial score (nSPS) is 15.2. The summed E-state index contributed by atoms with van der Waals surface area (Å²) >= 11 is 0. The predicted octanol–water partition coefficient (Wildman–Crippen LogP) is 3.13. The van der Waals surface area contributed by atoms with E-state index in [1.807, 2.05) is 13.8 Å². The number of carbonyl (C=O) groups is 2. The van der Waals surface area contributed by atoms with E-state index in [0.29, 0.717) is 29.1 Å². The maximum Gasteiger partial charge on any atom is 0.340 e. The number of nitrogens with zero attached hydrogens (tertiary/aromatic N) is 2. The Morgan fingerprint density at radius 2 is 1.72 bits per heavy atom. The molecule has 2 N–H and O–H groups in total. The number of hydrogen-bond acceptors (Lipinski definition) is 5. The fraction of sp³-hybridized carbons (Fsp3) is 0.520. The van der Waals surface area contributed by atoms with Gasteiger partial charge in [-0.1, -0.05) is 30.3 Å². The second-order valence-corrected chi connectivity index (χ2v) is 8.79. The summed E-state index contributed by atoms with van der Waals surface area (Å²) in [6.45, 7) is 14.0. The third kappa shape index (κ3) is 6.43. The Morgan fingerprint density at radius 1 is 1.06 bits per heavy atom. The molecule has 0 radical (unpaired) electrons. The zero-order valence-corrected chi connectivity index (χ0v) is 19.7. The zero-order chi connectivity index (χ0) is 23.1. The summed E-state index contributed by atoms with van der Waals surface area (Å²) in [6.07, 6.45) is 0.694. The molecule has 0 aliphatic carbocycles. The summed E-state index contributed by atoms with van der Waals surface area (Å²) in [5.74, 6) is -0.571. The maximum atomic E-state index is 12.6. The van der Waals surface area contributed by atoms with Crippen LogP contribution in [0.4, 0.5) is 0 Å². The summed E-state index contributed by atoms with van der Waals surface area (Å²) in [6, 6.07) is 10.6. The van der Waals surface area contributed by atoms with E-state index >= 15 is 0 Å². The molecule has 1 saturated heterocycles. The lowest BCUT2D eigenvalue weighted by molar-refractivity contribution is 0.0376. The standard InChI is InChI=1S/C25H36N4O3/c1-18(2)32-25(31)22-19(3)23(27-20(22)4)24(30)26-11-8-12-28-13-15-29(16-14-28)17-21-9-6-5-7-10-21/h5-7,9-10,18,27H,8,11-17H2,1-4H3,(H,26,30). The fourth-order valence-corrected chi connectivity index (χ4v) is 4.16. The summed E-state index contributed by atoms with van der Waals surface area (Å²) in [4.78, 5) is 32.9. The number of amides is 1. The van der Waals surface area contributed by atoms with Gasteiger partial charge in [0.05, 0.1) is 11.7 Å². The Bertz CT molecular complexity index is 899. The molecule has 3 rings (SSSR count). The van der Waals surface area contributed by atoms with Crippen LogP contribution in [-0.2, 0) is 11.3 Å². The van der Waals surface area contributed by atoms with Crippen LogP contribution in [0.15, 0.2) is 30.3 Å². The molecule has 2 heterocycles. The number of rotatable bonds is 9. The molecule has 0 atom stereocenters. The van der Waals surface area contributed by atoms with Crippen molar-refractivity contribution in [1.29, 1.82) is 0 Å². The van der Waals surface area contributed by atoms with Crippen LogP contribution in [0.3, 0.4) is 0 Å². The number of esters is 1. The van der Waals surface area contributed by atoms with E-state index in [-0.39, 0.29) is 12.0 Å². The SMILES string of the molecule is Cc1[nH]c(C(=O)NCCCN2CCN(Cc3ccccc3)CC2)c(C)c1C(=O)OC(C)C. The van der Waals surface area contributed by atoms with E-state index in [9.17, 15) is 9.59 Å². The van der Waals surface area contributed by atoms with Crippen LogP contribution in [-0.4, -0.2) is 72.0 Å². The molecule has 1 aliphatic heterocycles. The van der Waals surface area contributed by atoms with Gasteiger partial charge in [0, 0.05) is 45.0 Å². The first-order valence-corrected chi connectivity index (χ1v) is 11.5. The molecule has 0 spiro atoms. The van der Waals surface area contributed by atoms with Gasteiger partial charge in [-0.05, 0) is 51.8 Å². The predicted molar refractivity (Wildman–Crippen MR) is 126 cm³/mol. The van der Waals surface area contributed by atoms with E-state index in [0.717, 1.165) is 45.7 Å². The third-order valence-corrected chi connectivity index (χ3v) is 5.86. The Hall–Kier alpha value is -2.64. The molecule has 0 bridgehead atoms. The highest BCUT2D eigenvalue weighted by Gasteiger charge is 2.23. The average Bonchev–Trinajstić information content (AvgIpc) is 3.06. The third-order valence-electron chi connectivity index (χ3n) is 5.86. The quantitative estimate of drug-likeness (QED) is 0.463. The van der Waals surface area contributed by atoms with E-state index in [1.165, 1.54) is 5.56 Å². The number of aromatic nitrogens is 1. The molecule has 0 saturated carbocycles. The van der Waals surface area contributed by atoms with Crippen molar-refractivity contribution in [3.05, 3.63) is 58.4 Å². The minimum atomic E-state index is -0.392. The highest BCUT2D eigenvalue weighted by atomic mass is 16.5. The van der Waals surface area contributed by atoms with Crippen molar-refractivity contribution in [2.75, 3.05) is 39.3 Å². The first-order valence-electron chi connectivity index (χ1n) is 11.5. The number of carbonyl (C=O) groups excluding carboxylic acids is 2. The number of aryl methyl sites for hydroxylation is 1. The smallest absolute Gasteiger partial charge is 0.340 e. The number of ether oxygens (including phenoxy) is 1. The van der Waals surface area contributed by atoms with Crippen molar-refractivity contribution in [2.45, 2.75) is 46.8 Å². The van der Waals surface area contributed by atoms with E-state index in [1.54, 1.807) is 13.8 Å². The van der Waals surface area contributed by atoms with E-state index < -0.39 is 5.97 Å². The van der Waals surface area contributed by atoms with Gasteiger partial charge in [0.15, 0.2) is 0 Å². The van der Waals surface area contributed by atoms with Gasteiger partial charge in [-0.25, -0.2) is 4.79 Å². The number of piperazine rings is 1. The lowest BCUT2D eigenvalue weighted by Crippen LogP contribution is -2.46. The molecular weight excluding hydrogens is 404 g/mol. The van der Waals surface area contributed by atoms with Crippen molar-refractivity contribution in [1.82, 2.24) is 20.1 Å². The second-order valence-electron chi connectivity index (χ2n) is 8.79. The minimum Gasteiger partial charge on any atom is -0.459 e. The van der Waals surface area contributed by atoms with Crippen LogP contribution in [0.25, 0.3) is 0 Å². The van der Waals surface area contributed by atoms with Gasteiger partial charge in [-0.2, -0.15) is 0 Å². The van der Waals surface area contributed by atoms with Crippen molar-refractivity contribution in [3.63, 3.8) is 0 Å². The van der Waals surface area contributed by atoms with Gasteiger partial charge < -0.3 is 19.9 Å². The largest absolute Gasteiger partial charge is 0.459 e. The number of nitrogens with one attached hydrogen (secondary N) is 2. The summed E-state index contributed by atoms with van der Waals surface area (Å²) in [7, 11) is 0. The molecule has 7 heteroatoms. The average molecular weight is 441 g/mol. The molecule has 1 fully saturated rings. The Kier molecular flexibility index (Phi) is 8.47. The van der Waals surface area contributed by atoms with Gasteiger partial charge in [0.1, 0.15) is 5.69 Å². The van der Waals surface area contributed by atoms with Gasteiger partial charge in [0.25, 0.3) is 5.91 Å². The van der Waals surface area contributed by atoms with Crippen molar-refractivity contribution in [3.8, 4) is 0 Å². The monoisotopic (exact) mass is 440 g/mol. The molecular formula is C25H36N4O3. The van der Waals surface area contributed by atoms with Crippen LogP contribution in [0, 0.1) is 13.8 Å². The number of H-pyrrole nitrogens is 1. The molecule has 2 aromatic rings. The van der Waals surface area contributed by atoms with Gasteiger partial charge in [-0.3, -0.25) is 9.69 Å². The Balaban J connectivity index is 1.39. The van der Waals surface area contributed by atoms with Crippen LogP contribution in [0.5, 0.6) is 0 Å². The van der Waals surface area contributed by atoms with Gasteiger partial charge in [-0.15, -0.1) is 0 Å². The van der Waals surface area contributed by atoms with Crippen molar-refractivity contribution < 1.29 is 14.3 Å². The topological polar surface area (TPSA) is 77.7 Å². The molecule has 1 aromatic carbocycles. The van der Waals surface area contributed by atoms with E-state index in [2.05, 4.69) is 50.4 Å². The number of hydrogen-bond donors (Lipinski definition) is 2. The lowest BCUT2D eigenvalue weighted by Gasteiger charge is -2.34. The highest BCUT2D eigenvalue weighted by Crippen LogP contribution is 2.19. The molecule has 7 nitrogen and oxygen atoms in total.